The summed E-state index contributed by atoms with van der Waals surface area (Å²) in [6, 6.07) is 6.24. The lowest BCUT2D eigenvalue weighted by Crippen LogP contribution is -2.34. The van der Waals surface area contributed by atoms with Crippen LogP contribution in [0.25, 0.3) is 0 Å². The second-order valence-corrected chi connectivity index (χ2v) is 5.94. The van der Waals surface area contributed by atoms with E-state index in [0.717, 1.165) is 63.4 Å². The minimum atomic E-state index is 0.256. The Labute approximate surface area is 133 Å². The van der Waals surface area contributed by atoms with Gasteiger partial charge in [0, 0.05) is 26.1 Å². The molecule has 1 aliphatic heterocycles. The number of ether oxygens (including phenoxy) is 1. The van der Waals surface area contributed by atoms with Crippen molar-refractivity contribution in [3.63, 3.8) is 0 Å². The molecule has 2 rings (SSSR count). The summed E-state index contributed by atoms with van der Waals surface area (Å²) < 4.78 is 5.80. The molecule has 22 heavy (non-hydrogen) atoms. The average molecular weight is 304 g/mol. The lowest BCUT2D eigenvalue weighted by molar-refractivity contribution is -0.130. The van der Waals surface area contributed by atoms with Crippen LogP contribution >= 0.6 is 0 Å². The van der Waals surface area contributed by atoms with E-state index in [0.29, 0.717) is 6.42 Å². The van der Waals surface area contributed by atoms with Gasteiger partial charge in [0.1, 0.15) is 5.75 Å². The molecule has 1 amide bonds. The number of nitrogens with one attached hydrogen (secondary N) is 1. The van der Waals surface area contributed by atoms with Crippen LogP contribution in [0.1, 0.15) is 37.3 Å². The van der Waals surface area contributed by atoms with Gasteiger partial charge >= 0.3 is 0 Å². The molecule has 0 unspecified atom stereocenters. The number of amides is 1. The molecule has 0 radical (unpaired) electrons. The smallest absolute Gasteiger partial charge is 0.222 e. The van der Waals surface area contributed by atoms with Crippen LogP contribution in [0.3, 0.4) is 0 Å². The molecular weight excluding hydrogens is 276 g/mol. The first-order valence-electron chi connectivity index (χ1n) is 8.41. The predicted molar refractivity (Wildman–Crippen MR) is 89.4 cm³/mol. The summed E-state index contributed by atoms with van der Waals surface area (Å²) in [7, 11) is 0. The quantitative estimate of drug-likeness (QED) is 0.878. The maximum Gasteiger partial charge on any atom is 0.222 e. The first-order valence-corrected chi connectivity index (χ1v) is 8.41. The molecule has 1 fully saturated rings. The van der Waals surface area contributed by atoms with Gasteiger partial charge < -0.3 is 15.0 Å². The van der Waals surface area contributed by atoms with Gasteiger partial charge in [-0.05, 0) is 44.4 Å². The largest absolute Gasteiger partial charge is 0.493 e. The SMILES string of the molecule is CCCOc1ccc(C)cc1CCC(=O)N1CCCNCC1. The number of benzene rings is 1. The predicted octanol–water partition coefficient (Wildman–Crippen LogP) is 2.54. The summed E-state index contributed by atoms with van der Waals surface area (Å²) >= 11 is 0. The number of aryl methyl sites for hydroxylation is 2. The molecule has 0 atom stereocenters. The molecule has 1 N–H and O–H groups in total. The van der Waals surface area contributed by atoms with Gasteiger partial charge in [0.15, 0.2) is 0 Å². The number of carbonyl (C=O) groups is 1. The van der Waals surface area contributed by atoms with Crippen molar-refractivity contribution in [2.24, 2.45) is 0 Å². The number of rotatable bonds is 6. The molecule has 0 aromatic heterocycles. The van der Waals surface area contributed by atoms with Gasteiger partial charge in [0.2, 0.25) is 5.91 Å². The van der Waals surface area contributed by atoms with Crippen LogP contribution in [-0.2, 0) is 11.2 Å². The summed E-state index contributed by atoms with van der Waals surface area (Å²) in [5.74, 6) is 1.18. The zero-order chi connectivity index (χ0) is 15.8. The van der Waals surface area contributed by atoms with Gasteiger partial charge in [0.25, 0.3) is 0 Å². The van der Waals surface area contributed by atoms with Crippen molar-refractivity contribution in [3.8, 4) is 5.75 Å². The number of nitrogens with zero attached hydrogens (tertiary/aromatic N) is 1. The molecule has 122 valence electrons. The fourth-order valence-electron chi connectivity index (χ4n) is 2.75. The van der Waals surface area contributed by atoms with Gasteiger partial charge in [-0.1, -0.05) is 24.6 Å². The monoisotopic (exact) mass is 304 g/mol. The maximum atomic E-state index is 12.4. The highest BCUT2D eigenvalue weighted by Crippen LogP contribution is 2.22. The van der Waals surface area contributed by atoms with Crippen LogP contribution in [0.15, 0.2) is 18.2 Å². The van der Waals surface area contributed by atoms with Gasteiger partial charge in [-0.2, -0.15) is 0 Å². The molecule has 1 aromatic rings. The van der Waals surface area contributed by atoms with Gasteiger partial charge in [-0.15, -0.1) is 0 Å². The van der Waals surface area contributed by atoms with E-state index in [4.69, 9.17) is 4.74 Å². The van der Waals surface area contributed by atoms with E-state index in [-0.39, 0.29) is 5.91 Å². The number of hydrogen-bond donors (Lipinski definition) is 1. The van der Waals surface area contributed by atoms with Crippen LogP contribution < -0.4 is 10.1 Å². The first-order chi connectivity index (χ1) is 10.7. The van der Waals surface area contributed by atoms with Crippen molar-refractivity contribution in [1.29, 1.82) is 0 Å². The van der Waals surface area contributed by atoms with Crippen LogP contribution in [0.4, 0.5) is 0 Å². The molecule has 1 saturated heterocycles. The first kappa shape index (κ1) is 16.8. The second kappa shape index (κ2) is 8.79. The van der Waals surface area contributed by atoms with Crippen LogP contribution in [0, 0.1) is 6.92 Å². The van der Waals surface area contributed by atoms with E-state index >= 15 is 0 Å². The molecule has 1 aliphatic rings. The third-order valence-corrected chi connectivity index (χ3v) is 3.98. The number of carbonyl (C=O) groups excluding carboxylic acids is 1. The second-order valence-electron chi connectivity index (χ2n) is 5.94. The third kappa shape index (κ3) is 5.02. The molecule has 0 saturated carbocycles. The van der Waals surface area contributed by atoms with Crippen molar-refractivity contribution in [1.82, 2.24) is 10.2 Å². The van der Waals surface area contributed by atoms with Crippen LogP contribution in [0.5, 0.6) is 5.75 Å². The highest BCUT2D eigenvalue weighted by Gasteiger charge is 2.16. The fourth-order valence-corrected chi connectivity index (χ4v) is 2.75. The summed E-state index contributed by atoms with van der Waals surface area (Å²) in [6.45, 7) is 8.52. The Hall–Kier alpha value is -1.55. The molecule has 4 heteroatoms. The maximum absolute atomic E-state index is 12.4. The molecule has 0 bridgehead atoms. The lowest BCUT2D eigenvalue weighted by atomic mass is 10.0. The average Bonchev–Trinajstić information content (AvgIpc) is 2.81. The Kier molecular flexibility index (Phi) is 6.72. The van der Waals surface area contributed by atoms with Gasteiger partial charge in [-0.25, -0.2) is 0 Å². The standard InChI is InChI=1S/C18H28N2O2/c1-3-13-22-17-7-5-15(2)14-16(17)6-8-18(21)20-11-4-9-19-10-12-20/h5,7,14,19H,3-4,6,8-13H2,1-2H3. The van der Waals surface area contributed by atoms with Crippen molar-refractivity contribution >= 4 is 5.91 Å². The fraction of sp³-hybridized carbons (Fsp3) is 0.611. The van der Waals surface area contributed by atoms with E-state index in [1.807, 2.05) is 11.0 Å². The van der Waals surface area contributed by atoms with E-state index in [9.17, 15) is 4.79 Å². The third-order valence-electron chi connectivity index (χ3n) is 3.98. The molecule has 1 aromatic carbocycles. The summed E-state index contributed by atoms with van der Waals surface area (Å²) in [4.78, 5) is 14.4. The van der Waals surface area contributed by atoms with Crippen molar-refractivity contribution in [2.45, 2.75) is 39.5 Å². The van der Waals surface area contributed by atoms with E-state index in [2.05, 4.69) is 31.3 Å². The summed E-state index contributed by atoms with van der Waals surface area (Å²) in [5.41, 5.74) is 2.36. The zero-order valence-corrected chi connectivity index (χ0v) is 13.9. The normalized spacial score (nSPS) is 15.5. The molecule has 0 spiro atoms. The zero-order valence-electron chi connectivity index (χ0n) is 13.9. The van der Waals surface area contributed by atoms with Crippen LogP contribution in [0.2, 0.25) is 0 Å². The summed E-state index contributed by atoms with van der Waals surface area (Å²) in [5, 5.41) is 3.33. The minimum absolute atomic E-state index is 0.256. The van der Waals surface area contributed by atoms with Crippen molar-refractivity contribution < 1.29 is 9.53 Å². The molecular formula is C18H28N2O2. The Morgan fingerprint density at radius 3 is 3.00 bits per heavy atom. The summed E-state index contributed by atoms with van der Waals surface area (Å²) in [6.07, 6.45) is 3.35. The Balaban J connectivity index is 1.94. The molecule has 4 nitrogen and oxygen atoms in total. The Morgan fingerprint density at radius 2 is 2.18 bits per heavy atom. The van der Waals surface area contributed by atoms with E-state index in [1.54, 1.807) is 0 Å². The molecule has 0 aliphatic carbocycles. The van der Waals surface area contributed by atoms with E-state index < -0.39 is 0 Å². The highest BCUT2D eigenvalue weighted by molar-refractivity contribution is 5.76. The number of hydrogen-bond acceptors (Lipinski definition) is 3. The Morgan fingerprint density at radius 1 is 1.32 bits per heavy atom. The van der Waals surface area contributed by atoms with Gasteiger partial charge in [-0.3, -0.25) is 4.79 Å². The van der Waals surface area contributed by atoms with Gasteiger partial charge in [0.05, 0.1) is 6.61 Å². The van der Waals surface area contributed by atoms with E-state index in [1.165, 1.54) is 5.56 Å². The highest BCUT2D eigenvalue weighted by atomic mass is 16.5. The van der Waals surface area contributed by atoms with Crippen LogP contribution in [-0.4, -0.2) is 43.6 Å². The van der Waals surface area contributed by atoms with Crippen molar-refractivity contribution in [3.05, 3.63) is 29.3 Å². The minimum Gasteiger partial charge on any atom is -0.493 e. The molecule has 1 heterocycles. The Bertz CT molecular complexity index is 480. The van der Waals surface area contributed by atoms with Crippen molar-refractivity contribution in [2.75, 3.05) is 32.8 Å². The topological polar surface area (TPSA) is 41.6 Å². The lowest BCUT2D eigenvalue weighted by Gasteiger charge is -2.20.